The van der Waals surface area contributed by atoms with Crippen LogP contribution < -0.4 is 0 Å². The summed E-state index contributed by atoms with van der Waals surface area (Å²) in [5, 5.41) is 0. The van der Waals surface area contributed by atoms with Crippen LogP contribution in [0.5, 0.6) is 0 Å². The van der Waals surface area contributed by atoms with E-state index >= 15 is 0 Å². The van der Waals surface area contributed by atoms with E-state index in [1.165, 1.54) is 6.42 Å². The molecule has 2 fully saturated rings. The summed E-state index contributed by atoms with van der Waals surface area (Å²) in [6.45, 7) is 14.3. The van der Waals surface area contributed by atoms with E-state index in [-0.39, 0.29) is 22.9 Å². The molecule has 0 aliphatic heterocycles. The van der Waals surface area contributed by atoms with E-state index < -0.39 is 0 Å². The predicted molar refractivity (Wildman–Crippen MR) is 82.2 cm³/mol. The van der Waals surface area contributed by atoms with E-state index in [0.717, 1.165) is 12.8 Å². The number of allylic oxidation sites excluding steroid dienone is 3. The Kier molecular flexibility index (Phi) is 3.95. The highest BCUT2D eigenvalue weighted by atomic mass is 16.5. The maximum atomic E-state index is 12.1. The molecule has 3 unspecified atom stereocenters. The van der Waals surface area contributed by atoms with Gasteiger partial charge in [-0.15, -0.1) is 0 Å². The Hall–Kier alpha value is -1.31. The van der Waals surface area contributed by atoms with Crippen molar-refractivity contribution in [2.45, 2.75) is 52.6 Å². The van der Waals surface area contributed by atoms with E-state index in [2.05, 4.69) is 33.9 Å². The van der Waals surface area contributed by atoms with Gasteiger partial charge in [0.15, 0.2) is 0 Å². The van der Waals surface area contributed by atoms with Crippen molar-refractivity contribution in [1.29, 1.82) is 0 Å². The molecular weight excluding hydrogens is 248 g/mol. The molecule has 0 aromatic carbocycles. The SMILES string of the molecule is C=CC=CCC(=C)C(=O)OC1CC2CCC1(C)C2(C)C. The van der Waals surface area contributed by atoms with Crippen molar-refractivity contribution in [2.75, 3.05) is 0 Å². The Labute approximate surface area is 122 Å². The zero-order chi connectivity index (χ0) is 15.0. The van der Waals surface area contributed by atoms with Crippen molar-refractivity contribution in [1.82, 2.24) is 0 Å². The minimum absolute atomic E-state index is 0.0453. The van der Waals surface area contributed by atoms with E-state index in [0.29, 0.717) is 17.9 Å². The highest BCUT2D eigenvalue weighted by molar-refractivity contribution is 5.88. The molecule has 0 aromatic heterocycles. The molecule has 2 aliphatic rings. The molecule has 2 rings (SSSR count). The van der Waals surface area contributed by atoms with Gasteiger partial charge in [-0.05, 0) is 37.0 Å². The van der Waals surface area contributed by atoms with Gasteiger partial charge in [-0.3, -0.25) is 0 Å². The molecule has 2 nitrogen and oxygen atoms in total. The minimum atomic E-state index is -0.242. The first kappa shape index (κ1) is 15.1. The Morgan fingerprint density at radius 3 is 2.60 bits per heavy atom. The van der Waals surface area contributed by atoms with Gasteiger partial charge in [0.05, 0.1) is 0 Å². The van der Waals surface area contributed by atoms with Crippen LogP contribution >= 0.6 is 0 Å². The lowest BCUT2D eigenvalue weighted by molar-refractivity contribution is -0.152. The molecule has 0 heterocycles. The van der Waals surface area contributed by atoms with E-state index in [1.807, 2.05) is 12.2 Å². The number of ether oxygens (including phenoxy) is 1. The fraction of sp³-hybridized carbons (Fsp3) is 0.611. The molecule has 2 heteroatoms. The van der Waals surface area contributed by atoms with Gasteiger partial charge in [-0.25, -0.2) is 4.79 Å². The van der Waals surface area contributed by atoms with E-state index in [1.54, 1.807) is 6.08 Å². The molecule has 20 heavy (non-hydrogen) atoms. The third-order valence-electron chi connectivity index (χ3n) is 5.89. The van der Waals surface area contributed by atoms with Crippen LogP contribution in [0.3, 0.4) is 0 Å². The summed E-state index contributed by atoms with van der Waals surface area (Å²) in [6.07, 6.45) is 9.39. The molecule has 0 aromatic rings. The average molecular weight is 274 g/mol. The van der Waals surface area contributed by atoms with Crippen LogP contribution in [0.4, 0.5) is 0 Å². The quantitative estimate of drug-likeness (QED) is 0.421. The monoisotopic (exact) mass is 274 g/mol. The summed E-state index contributed by atoms with van der Waals surface area (Å²) in [5.74, 6) is 0.438. The first-order valence-electron chi connectivity index (χ1n) is 7.49. The summed E-state index contributed by atoms with van der Waals surface area (Å²) < 4.78 is 5.78. The number of carbonyl (C=O) groups is 1. The molecule has 0 amide bonds. The molecule has 3 atom stereocenters. The van der Waals surface area contributed by atoms with Crippen LogP contribution in [0.15, 0.2) is 37.0 Å². The maximum Gasteiger partial charge on any atom is 0.334 e. The second-order valence-corrected chi connectivity index (χ2v) is 6.98. The zero-order valence-corrected chi connectivity index (χ0v) is 12.9. The fourth-order valence-corrected chi connectivity index (χ4v) is 3.91. The normalized spacial score (nSPS) is 34.4. The molecule has 2 saturated carbocycles. The number of rotatable bonds is 5. The largest absolute Gasteiger partial charge is 0.458 e. The Bertz CT molecular complexity index is 458. The van der Waals surface area contributed by atoms with Crippen LogP contribution in [0, 0.1) is 16.7 Å². The third kappa shape index (κ3) is 2.25. The highest BCUT2D eigenvalue weighted by Gasteiger charge is 2.62. The van der Waals surface area contributed by atoms with Crippen molar-refractivity contribution < 1.29 is 9.53 Å². The molecule has 0 spiro atoms. The summed E-state index contributed by atoms with van der Waals surface area (Å²) >= 11 is 0. The van der Waals surface area contributed by atoms with Crippen molar-refractivity contribution >= 4 is 5.97 Å². The molecule has 110 valence electrons. The average Bonchev–Trinajstić information content (AvgIpc) is 2.72. The first-order chi connectivity index (χ1) is 9.33. The van der Waals surface area contributed by atoms with Crippen molar-refractivity contribution in [3.63, 3.8) is 0 Å². The summed E-state index contributed by atoms with van der Waals surface area (Å²) in [7, 11) is 0. The van der Waals surface area contributed by atoms with Crippen LogP contribution in [0.25, 0.3) is 0 Å². The lowest BCUT2D eigenvalue weighted by Gasteiger charge is -2.38. The van der Waals surface area contributed by atoms with Crippen molar-refractivity contribution in [3.8, 4) is 0 Å². The van der Waals surface area contributed by atoms with Gasteiger partial charge in [0.1, 0.15) is 6.10 Å². The van der Waals surface area contributed by atoms with Gasteiger partial charge < -0.3 is 4.74 Å². The van der Waals surface area contributed by atoms with Gasteiger partial charge in [0.2, 0.25) is 0 Å². The molecular formula is C18H26O2. The third-order valence-corrected chi connectivity index (χ3v) is 5.89. The van der Waals surface area contributed by atoms with Gasteiger partial charge in [-0.2, -0.15) is 0 Å². The number of esters is 1. The van der Waals surface area contributed by atoms with E-state index in [4.69, 9.17) is 4.74 Å². The van der Waals surface area contributed by atoms with Crippen LogP contribution in [-0.2, 0) is 9.53 Å². The second kappa shape index (κ2) is 5.23. The standard InChI is InChI=1S/C18H26O2/c1-6-7-8-9-13(2)16(19)20-15-12-14-10-11-18(15,5)17(14,3)4/h6-8,14-15H,1-2,9-12H2,3-5H3. The van der Waals surface area contributed by atoms with Crippen LogP contribution in [0.1, 0.15) is 46.5 Å². The smallest absolute Gasteiger partial charge is 0.334 e. The topological polar surface area (TPSA) is 26.3 Å². The fourth-order valence-electron chi connectivity index (χ4n) is 3.91. The summed E-state index contributed by atoms with van der Waals surface area (Å²) in [6, 6.07) is 0. The van der Waals surface area contributed by atoms with E-state index in [9.17, 15) is 4.79 Å². The van der Waals surface area contributed by atoms with Crippen molar-refractivity contribution in [2.24, 2.45) is 16.7 Å². The van der Waals surface area contributed by atoms with Crippen LogP contribution in [-0.4, -0.2) is 12.1 Å². The minimum Gasteiger partial charge on any atom is -0.458 e. The zero-order valence-electron chi connectivity index (χ0n) is 12.9. The predicted octanol–water partition coefficient (Wildman–Crippen LogP) is 4.43. The second-order valence-electron chi connectivity index (χ2n) is 6.98. The Morgan fingerprint density at radius 1 is 1.40 bits per heavy atom. The van der Waals surface area contributed by atoms with Gasteiger partial charge in [0.25, 0.3) is 0 Å². The first-order valence-corrected chi connectivity index (χ1v) is 7.49. The number of fused-ring (bicyclic) bond motifs is 2. The number of carbonyl (C=O) groups excluding carboxylic acids is 1. The Morgan fingerprint density at radius 2 is 2.10 bits per heavy atom. The molecule has 0 saturated heterocycles. The highest BCUT2D eigenvalue weighted by Crippen LogP contribution is 2.66. The molecule has 2 aliphatic carbocycles. The van der Waals surface area contributed by atoms with Crippen molar-refractivity contribution in [3.05, 3.63) is 37.0 Å². The van der Waals surface area contributed by atoms with Gasteiger partial charge in [0, 0.05) is 11.0 Å². The lowest BCUT2D eigenvalue weighted by atomic mass is 9.70. The molecule has 2 bridgehead atoms. The number of hydrogen-bond donors (Lipinski definition) is 0. The summed E-state index contributed by atoms with van der Waals surface area (Å²) in [4.78, 5) is 12.1. The van der Waals surface area contributed by atoms with Crippen LogP contribution in [0.2, 0.25) is 0 Å². The van der Waals surface area contributed by atoms with Gasteiger partial charge in [-0.1, -0.05) is 52.2 Å². The summed E-state index contributed by atoms with van der Waals surface area (Å²) in [5.41, 5.74) is 0.902. The lowest BCUT2D eigenvalue weighted by Crippen LogP contribution is -2.38. The molecule has 0 N–H and O–H groups in total. The Balaban J connectivity index is 1.98. The molecule has 0 radical (unpaired) electrons. The number of hydrogen-bond acceptors (Lipinski definition) is 2. The van der Waals surface area contributed by atoms with Gasteiger partial charge >= 0.3 is 5.97 Å². The maximum absolute atomic E-state index is 12.1.